The molecule has 0 atom stereocenters. The number of aryl methyl sites for hydroxylation is 1. The van der Waals surface area contributed by atoms with Crippen molar-refractivity contribution in [2.24, 2.45) is 7.05 Å². The Morgan fingerprint density at radius 2 is 2.05 bits per heavy atom. The number of anilines is 1. The molecule has 100 valence electrons. The van der Waals surface area contributed by atoms with E-state index in [4.69, 9.17) is 0 Å². The quantitative estimate of drug-likeness (QED) is 0.859. The molecule has 2 aromatic rings. The van der Waals surface area contributed by atoms with Gasteiger partial charge in [-0.15, -0.1) is 0 Å². The third-order valence-corrected chi connectivity index (χ3v) is 2.86. The van der Waals surface area contributed by atoms with Gasteiger partial charge >= 0.3 is 0 Å². The van der Waals surface area contributed by atoms with E-state index in [1.54, 1.807) is 6.20 Å². The van der Waals surface area contributed by atoms with Crippen LogP contribution in [0.15, 0.2) is 36.7 Å². The van der Waals surface area contributed by atoms with Crippen LogP contribution in [-0.2, 0) is 13.6 Å². The van der Waals surface area contributed by atoms with Gasteiger partial charge in [-0.3, -0.25) is 4.79 Å². The van der Waals surface area contributed by atoms with Crippen molar-refractivity contribution in [3.8, 4) is 0 Å². The number of carbonyl (C=O) groups excluding carboxylic acids is 1. The molecule has 0 fully saturated rings. The molecular formula is C14H18N4O. The van der Waals surface area contributed by atoms with E-state index < -0.39 is 0 Å². The van der Waals surface area contributed by atoms with Crippen LogP contribution in [0.3, 0.4) is 0 Å². The average molecular weight is 258 g/mol. The number of rotatable bonds is 5. The molecular weight excluding hydrogens is 240 g/mol. The summed E-state index contributed by atoms with van der Waals surface area (Å²) in [6.45, 7) is 3.33. The number of hydrogen-bond donors (Lipinski definition) is 2. The van der Waals surface area contributed by atoms with Crippen LogP contribution in [0.1, 0.15) is 23.1 Å². The topological polar surface area (TPSA) is 59.0 Å². The van der Waals surface area contributed by atoms with Crippen molar-refractivity contribution >= 4 is 11.6 Å². The molecule has 1 aromatic carbocycles. The van der Waals surface area contributed by atoms with Crippen molar-refractivity contribution in [1.82, 2.24) is 14.9 Å². The zero-order valence-electron chi connectivity index (χ0n) is 11.2. The normalized spacial score (nSPS) is 10.2. The Bertz CT molecular complexity index is 545. The van der Waals surface area contributed by atoms with Gasteiger partial charge in [-0.1, -0.05) is 0 Å². The smallest absolute Gasteiger partial charge is 0.251 e. The fourth-order valence-corrected chi connectivity index (χ4v) is 1.77. The fraction of sp³-hybridized carbons (Fsp3) is 0.286. The summed E-state index contributed by atoms with van der Waals surface area (Å²) in [5.41, 5.74) is 1.67. The summed E-state index contributed by atoms with van der Waals surface area (Å²) >= 11 is 0. The second-order valence-corrected chi connectivity index (χ2v) is 4.24. The molecule has 1 amide bonds. The predicted octanol–water partition coefficient (Wildman–Crippen LogP) is 1.78. The van der Waals surface area contributed by atoms with E-state index in [9.17, 15) is 4.79 Å². The summed E-state index contributed by atoms with van der Waals surface area (Å²) in [5.74, 6) is 0.740. The van der Waals surface area contributed by atoms with Gasteiger partial charge in [-0.25, -0.2) is 4.98 Å². The van der Waals surface area contributed by atoms with Gasteiger partial charge in [-0.2, -0.15) is 0 Å². The first-order valence-corrected chi connectivity index (χ1v) is 6.29. The molecule has 0 aliphatic carbocycles. The van der Waals surface area contributed by atoms with Gasteiger partial charge in [-0.05, 0) is 31.2 Å². The monoisotopic (exact) mass is 258 g/mol. The molecule has 0 radical (unpaired) electrons. The van der Waals surface area contributed by atoms with Gasteiger partial charge in [0.1, 0.15) is 5.82 Å². The van der Waals surface area contributed by atoms with Gasteiger partial charge in [0.25, 0.3) is 5.91 Å². The Labute approximate surface area is 112 Å². The Balaban J connectivity index is 1.94. The van der Waals surface area contributed by atoms with Crippen LogP contribution >= 0.6 is 0 Å². The number of nitrogens with one attached hydrogen (secondary N) is 2. The number of carbonyl (C=O) groups is 1. The minimum atomic E-state index is -0.0916. The van der Waals surface area contributed by atoms with E-state index in [2.05, 4.69) is 15.6 Å². The molecule has 0 bridgehead atoms. The van der Waals surface area contributed by atoms with Gasteiger partial charge in [0.05, 0.1) is 6.54 Å². The highest BCUT2D eigenvalue weighted by atomic mass is 16.1. The molecule has 5 nitrogen and oxygen atoms in total. The zero-order valence-corrected chi connectivity index (χ0v) is 11.2. The van der Waals surface area contributed by atoms with Crippen LogP contribution in [0.5, 0.6) is 0 Å². The minimum Gasteiger partial charge on any atom is -0.385 e. The van der Waals surface area contributed by atoms with Crippen molar-refractivity contribution in [3.05, 3.63) is 48.0 Å². The molecule has 2 rings (SSSR count). The number of aromatic nitrogens is 2. The van der Waals surface area contributed by atoms with E-state index in [-0.39, 0.29) is 5.91 Å². The van der Waals surface area contributed by atoms with E-state index >= 15 is 0 Å². The van der Waals surface area contributed by atoms with Crippen LogP contribution in [0.4, 0.5) is 5.69 Å². The van der Waals surface area contributed by atoms with E-state index in [0.717, 1.165) is 18.1 Å². The summed E-state index contributed by atoms with van der Waals surface area (Å²) in [4.78, 5) is 16.1. The van der Waals surface area contributed by atoms with Crippen molar-refractivity contribution in [2.75, 3.05) is 11.9 Å². The lowest BCUT2D eigenvalue weighted by Gasteiger charge is -2.07. The molecule has 19 heavy (non-hydrogen) atoms. The number of nitrogens with zero attached hydrogens (tertiary/aromatic N) is 2. The number of amides is 1. The molecule has 0 aliphatic heterocycles. The summed E-state index contributed by atoms with van der Waals surface area (Å²) < 4.78 is 1.88. The predicted molar refractivity (Wildman–Crippen MR) is 75.0 cm³/mol. The maximum atomic E-state index is 12.0. The zero-order chi connectivity index (χ0) is 13.7. The van der Waals surface area contributed by atoms with Crippen molar-refractivity contribution in [3.63, 3.8) is 0 Å². The van der Waals surface area contributed by atoms with Crippen molar-refractivity contribution in [1.29, 1.82) is 0 Å². The van der Waals surface area contributed by atoms with E-state index in [1.165, 1.54) is 0 Å². The minimum absolute atomic E-state index is 0.0916. The molecule has 0 aliphatic rings. The standard InChI is InChI=1S/C14H18N4O/c1-3-15-12-6-4-11(5-7-12)14(19)17-10-13-16-8-9-18(13)2/h4-9,15H,3,10H2,1-2H3,(H,17,19). The van der Waals surface area contributed by atoms with Crippen molar-refractivity contribution < 1.29 is 4.79 Å². The maximum absolute atomic E-state index is 12.0. The number of imidazole rings is 1. The molecule has 0 unspecified atom stereocenters. The highest BCUT2D eigenvalue weighted by Crippen LogP contribution is 2.09. The van der Waals surface area contributed by atoms with Gasteiger partial charge in [0.15, 0.2) is 0 Å². The molecule has 0 spiro atoms. The Hall–Kier alpha value is -2.30. The first-order chi connectivity index (χ1) is 9.20. The van der Waals surface area contributed by atoms with Crippen molar-refractivity contribution in [2.45, 2.75) is 13.5 Å². The summed E-state index contributed by atoms with van der Waals surface area (Å²) in [5, 5.41) is 6.04. The summed E-state index contributed by atoms with van der Waals surface area (Å²) in [6, 6.07) is 7.43. The summed E-state index contributed by atoms with van der Waals surface area (Å²) in [7, 11) is 1.90. The SMILES string of the molecule is CCNc1ccc(C(=O)NCc2nccn2C)cc1. The molecule has 0 saturated carbocycles. The Morgan fingerprint density at radius 3 is 2.63 bits per heavy atom. The molecule has 1 heterocycles. The Morgan fingerprint density at radius 1 is 1.32 bits per heavy atom. The van der Waals surface area contributed by atoms with Gasteiger partial charge in [0.2, 0.25) is 0 Å². The lowest BCUT2D eigenvalue weighted by atomic mass is 10.2. The highest BCUT2D eigenvalue weighted by molar-refractivity contribution is 5.94. The second-order valence-electron chi connectivity index (χ2n) is 4.24. The third kappa shape index (κ3) is 3.34. The second kappa shape index (κ2) is 6.04. The van der Waals surface area contributed by atoms with E-state index in [1.807, 2.05) is 49.0 Å². The highest BCUT2D eigenvalue weighted by Gasteiger charge is 2.06. The number of benzene rings is 1. The first kappa shape index (κ1) is 13.1. The van der Waals surface area contributed by atoms with E-state index in [0.29, 0.717) is 12.1 Å². The van der Waals surface area contributed by atoms with Crippen LogP contribution in [0.2, 0.25) is 0 Å². The van der Waals surface area contributed by atoms with Crippen LogP contribution in [0, 0.1) is 0 Å². The number of hydrogen-bond acceptors (Lipinski definition) is 3. The molecule has 2 N–H and O–H groups in total. The first-order valence-electron chi connectivity index (χ1n) is 6.29. The molecule has 5 heteroatoms. The van der Waals surface area contributed by atoms with Gasteiger partial charge < -0.3 is 15.2 Å². The largest absolute Gasteiger partial charge is 0.385 e. The fourth-order valence-electron chi connectivity index (χ4n) is 1.77. The average Bonchev–Trinajstić information content (AvgIpc) is 2.83. The lowest BCUT2D eigenvalue weighted by molar-refractivity contribution is 0.0949. The van der Waals surface area contributed by atoms with Gasteiger partial charge in [0, 0.05) is 37.2 Å². The maximum Gasteiger partial charge on any atom is 0.251 e. The van der Waals surface area contributed by atoms with Crippen LogP contribution in [-0.4, -0.2) is 22.0 Å². The van der Waals surface area contributed by atoms with Crippen LogP contribution in [0.25, 0.3) is 0 Å². The Kier molecular flexibility index (Phi) is 4.18. The molecule has 1 aromatic heterocycles. The lowest BCUT2D eigenvalue weighted by Crippen LogP contribution is -2.24. The summed E-state index contributed by atoms with van der Waals surface area (Å²) in [6.07, 6.45) is 3.57. The van der Waals surface area contributed by atoms with Crippen LogP contribution < -0.4 is 10.6 Å². The third-order valence-electron chi connectivity index (χ3n) is 2.86. The molecule has 0 saturated heterocycles.